The molecule has 0 heterocycles. The van der Waals surface area contributed by atoms with Crippen LogP contribution >= 0.6 is 0 Å². The van der Waals surface area contributed by atoms with Crippen molar-refractivity contribution in [2.24, 2.45) is 10.8 Å². The van der Waals surface area contributed by atoms with Crippen LogP contribution < -0.4 is 5.32 Å². The van der Waals surface area contributed by atoms with Crippen molar-refractivity contribution >= 4 is 29.5 Å². The van der Waals surface area contributed by atoms with E-state index in [0.717, 1.165) is 0 Å². The van der Waals surface area contributed by atoms with Crippen LogP contribution in [-0.2, 0) is 23.9 Å². The number of rotatable bonds is 10. The van der Waals surface area contributed by atoms with Gasteiger partial charge in [0.25, 0.3) is 0 Å². The monoisotopic (exact) mass is 407 g/mol. The Balaban J connectivity index is 2.75. The van der Waals surface area contributed by atoms with E-state index >= 15 is 0 Å². The number of ether oxygens (including phenoxy) is 1. The molecule has 0 aromatic heterocycles. The van der Waals surface area contributed by atoms with Crippen molar-refractivity contribution in [1.29, 1.82) is 0 Å². The van der Waals surface area contributed by atoms with Gasteiger partial charge in [-0.25, -0.2) is 0 Å². The molecule has 29 heavy (non-hydrogen) atoms. The number of methoxy groups -OCH3 is 1. The van der Waals surface area contributed by atoms with Crippen LogP contribution in [0, 0.1) is 10.8 Å². The molecular weight excluding hydrogens is 378 g/mol. The fourth-order valence-corrected chi connectivity index (χ4v) is 3.67. The molecule has 0 atom stereocenters. The Bertz CT molecular complexity index is 752. The molecule has 0 aliphatic rings. The second-order valence-corrected chi connectivity index (χ2v) is 8.71. The van der Waals surface area contributed by atoms with Crippen LogP contribution in [0.2, 0.25) is 0 Å². The van der Waals surface area contributed by atoms with Crippen LogP contribution in [0.5, 0.6) is 0 Å². The number of carbonyl (C=O) groups excluding carboxylic acids is 2. The number of benzene rings is 1. The van der Waals surface area contributed by atoms with E-state index in [1.807, 2.05) is 27.7 Å². The van der Waals surface area contributed by atoms with E-state index in [9.17, 15) is 19.2 Å². The number of carboxylic acid groups (broad SMARTS) is 2. The highest BCUT2D eigenvalue weighted by molar-refractivity contribution is 5.99. The Morgan fingerprint density at radius 2 is 1.41 bits per heavy atom. The average Bonchev–Trinajstić information content (AvgIpc) is 2.53. The molecule has 3 N–H and O–H groups in total. The number of nitrogens with one attached hydrogen (secondary N) is 1. The average molecular weight is 407 g/mol. The van der Waals surface area contributed by atoms with E-state index < -0.39 is 17.9 Å². The standard InChI is InChI=1S/C21H29NO7/c1-20(2,12-21(3,4)11-16(24)29-5)10-15(23)22-14-8-6-13(7-9-14)17(18(25)26)19(27)28/h6-9,17H,10-12H2,1-5H3,(H,22,23)(H,25,26)(H,27,28). The second-order valence-electron chi connectivity index (χ2n) is 8.71. The summed E-state index contributed by atoms with van der Waals surface area (Å²) >= 11 is 0. The quantitative estimate of drug-likeness (QED) is 0.401. The van der Waals surface area contributed by atoms with Crippen molar-refractivity contribution in [3.63, 3.8) is 0 Å². The topological polar surface area (TPSA) is 130 Å². The molecule has 0 fully saturated rings. The number of hydrogen-bond acceptors (Lipinski definition) is 5. The van der Waals surface area contributed by atoms with Crippen LogP contribution in [0.3, 0.4) is 0 Å². The third-order valence-electron chi connectivity index (χ3n) is 4.47. The van der Waals surface area contributed by atoms with Gasteiger partial charge in [0.1, 0.15) is 0 Å². The van der Waals surface area contributed by atoms with Gasteiger partial charge in [-0.05, 0) is 34.9 Å². The van der Waals surface area contributed by atoms with Gasteiger partial charge in [-0.1, -0.05) is 39.8 Å². The van der Waals surface area contributed by atoms with E-state index in [4.69, 9.17) is 14.9 Å². The van der Waals surface area contributed by atoms with Gasteiger partial charge in [0.2, 0.25) is 5.91 Å². The van der Waals surface area contributed by atoms with Crippen LogP contribution in [0.4, 0.5) is 5.69 Å². The van der Waals surface area contributed by atoms with Crippen LogP contribution in [0.1, 0.15) is 58.4 Å². The molecule has 1 amide bonds. The summed E-state index contributed by atoms with van der Waals surface area (Å²) in [7, 11) is 1.34. The lowest BCUT2D eigenvalue weighted by Gasteiger charge is -2.34. The zero-order valence-electron chi connectivity index (χ0n) is 17.4. The molecule has 8 heteroatoms. The number of carboxylic acids is 2. The lowest BCUT2D eigenvalue weighted by Crippen LogP contribution is -2.29. The van der Waals surface area contributed by atoms with Crippen LogP contribution in [0.15, 0.2) is 24.3 Å². The first-order valence-electron chi connectivity index (χ1n) is 9.18. The molecule has 8 nitrogen and oxygen atoms in total. The molecule has 0 saturated heterocycles. The minimum atomic E-state index is -1.66. The van der Waals surface area contributed by atoms with Gasteiger partial charge in [-0.3, -0.25) is 19.2 Å². The van der Waals surface area contributed by atoms with Crippen molar-refractivity contribution in [3.8, 4) is 0 Å². The van der Waals surface area contributed by atoms with Crippen molar-refractivity contribution in [2.75, 3.05) is 12.4 Å². The lowest BCUT2D eigenvalue weighted by molar-refractivity contribution is -0.150. The molecule has 0 radical (unpaired) electrons. The highest BCUT2D eigenvalue weighted by Gasteiger charge is 2.33. The maximum Gasteiger partial charge on any atom is 0.322 e. The van der Waals surface area contributed by atoms with Crippen LogP contribution in [0.25, 0.3) is 0 Å². The predicted molar refractivity (Wildman–Crippen MR) is 107 cm³/mol. The Hall–Kier alpha value is -2.90. The van der Waals surface area contributed by atoms with Crippen molar-refractivity contribution in [1.82, 2.24) is 0 Å². The highest BCUT2D eigenvalue weighted by atomic mass is 16.5. The summed E-state index contributed by atoms with van der Waals surface area (Å²) < 4.78 is 4.72. The Labute approximate surface area is 170 Å². The van der Waals surface area contributed by atoms with Gasteiger partial charge in [-0.15, -0.1) is 0 Å². The first kappa shape index (κ1) is 24.1. The van der Waals surface area contributed by atoms with Crippen molar-refractivity contribution < 1.29 is 34.1 Å². The van der Waals surface area contributed by atoms with Gasteiger partial charge in [-0.2, -0.15) is 0 Å². The number of esters is 1. The first-order valence-corrected chi connectivity index (χ1v) is 9.18. The number of hydrogen-bond donors (Lipinski definition) is 3. The van der Waals surface area contributed by atoms with Gasteiger partial charge in [0.05, 0.1) is 13.5 Å². The number of amides is 1. The fraction of sp³-hybridized carbons (Fsp3) is 0.524. The Morgan fingerprint density at radius 3 is 1.86 bits per heavy atom. The maximum atomic E-state index is 12.4. The molecular formula is C21H29NO7. The number of anilines is 1. The SMILES string of the molecule is COC(=O)CC(C)(C)CC(C)(C)CC(=O)Nc1ccc(C(C(=O)O)C(=O)O)cc1. The molecule has 0 spiro atoms. The molecule has 1 rings (SSSR count). The third kappa shape index (κ3) is 7.93. The van der Waals surface area contributed by atoms with Crippen molar-refractivity contribution in [2.45, 2.75) is 52.9 Å². The van der Waals surface area contributed by atoms with E-state index in [2.05, 4.69) is 5.32 Å². The number of carbonyl (C=O) groups is 4. The highest BCUT2D eigenvalue weighted by Crippen LogP contribution is 2.38. The second kappa shape index (κ2) is 9.54. The summed E-state index contributed by atoms with van der Waals surface area (Å²) in [6, 6.07) is 5.68. The fourth-order valence-electron chi connectivity index (χ4n) is 3.67. The summed E-state index contributed by atoms with van der Waals surface area (Å²) in [6.45, 7) is 7.78. The lowest BCUT2D eigenvalue weighted by atomic mass is 9.72. The summed E-state index contributed by atoms with van der Waals surface area (Å²) in [5.41, 5.74) is -0.147. The van der Waals surface area contributed by atoms with Gasteiger partial charge >= 0.3 is 17.9 Å². The van der Waals surface area contributed by atoms with Gasteiger partial charge in [0, 0.05) is 12.1 Å². The molecule has 0 aliphatic heterocycles. The maximum absolute atomic E-state index is 12.4. The molecule has 0 bridgehead atoms. The first-order chi connectivity index (χ1) is 13.3. The van der Waals surface area contributed by atoms with Gasteiger partial charge in [0.15, 0.2) is 5.92 Å². The van der Waals surface area contributed by atoms with E-state index in [-0.39, 0.29) is 41.1 Å². The zero-order valence-corrected chi connectivity index (χ0v) is 17.4. The zero-order chi connectivity index (χ0) is 22.4. The molecule has 1 aromatic rings. The minimum absolute atomic E-state index is 0.118. The third-order valence-corrected chi connectivity index (χ3v) is 4.47. The minimum Gasteiger partial charge on any atom is -0.480 e. The molecule has 0 saturated carbocycles. The van der Waals surface area contributed by atoms with E-state index in [0.29, 0.717) is 12.1 Å². The molecule has 0 unspecified atom stereocenters. The predicted octanol–water partition coefficient (Wildman–Crippen LogP) is 3.27. The van der Waals surface area contributed by atoms with Crippen molar-refractivity contribution in [3.05, 3.63) is 29.8 Å². The summed E-state index contributed by atoms with van der Waals surface area (Å²) in [5, 5.41) is 20.8. The molecule has 0 aliphatic carbocycles. The molecule has 1 aromatic carbocycles. The van der Waals surface area contributed by atoms with Gasteiger partial charge < -0.3 is 20.3 Å². The van der Waals surface area contributed by atoms with E-state index in [1.54, 1.807) is 0 Å². The molecule has 160 valence electrons. The largest absolute Gasteiger partial charge is 0.480 e. The number of aliphatic carboxylic acids is 2. The van der Waals surface area contributed by atoms with Crippen LogP contribution in [-0.4, -0.2) is 41.1 Å². The van der Waals surface area contributed by atoms with E-state index in [1.165, 1.54) is 31.4 Å². The Morgan fingerprint density at radius 1 is 0.931 bits per heavy atom. The summed E-state index contributed by atoms with van der Waals surface area (Å²) in [5.74, 6) is -5.09. The summed E-state index contributed by atoms with van der Waals surface area (Å²) in [4.78, 5) is 46.2. The smallest absolute Gasteiger partial charge is 0.322 e. The normalized spacial score (nSPS) is 11.8. The Kier molecular flexibility index (Phi) is 7.94. The summed E-state index contributed by atoms with van der Waals surface area (Å²) in [6.07, 6.45) is 1.09.